The zero-order chi connectivity index (χ0) is 25.2. The number of pyridine rings is 1. The summed E-state index contributed by atoms with van der Waals surface area (Å²) >= 11 is 0. The minimum Gasteiger partial charge on any atom is -0.399 e. The van der Waals surface area contributed by atoms with E-state index >= 15 is 0 Å². The van der Waals surface area contributed by atoms with E-state index in [0.29, 0.717) is 11.4 Å². The maximum atomic E-state index is 13.1. The van der Waals surface area contributed by atoms with Crippen molar-refractivity contribution >= 4 is 23.2 Å². The van der Waals surface area contributed by atoms with Crippen LogP contribution in [-0.2, 0) is 11.0 Å². The molecule has 3 aromatic rings. The van der Waals surface area contributed by atoms with E-state index in [-0.39, 0.29) is 22.7 Å². The predicted molar refractivity (Wildman–Crippen MR) is 123 cm³/mol. The molecule has 7 nitrogen and oxygen atoms in total. The number of nitrogens with zero attached hydrogens (tertiary/aromatic N) is 2. The molecule has 1 heterocycles. The Bertz CT molecular complexity index is 1300. The van der Waals surface area contributed by atoms with Gasteiger partial charge in [-0.2, -0.15) is 13.2 Å². The van der Waals surface area contributed by atoms with E-state index in [4.69, 9.17) is 5.73 Å². The molecule has 0 aliphatic heterocycles. The van der Waals surface area contributed by atoms with Gasteiger partial charge in [0.25, 0.3) is 11.5 Å². The number of nitrogens with two attached hydrogens (primary N) is 1. The number of amides is 2. The van der Waals surface area contributed by atoms with Crippen molar-refractivity contribution in [3.05, 3.63) is 87.8 Å². The van der Waals surface area contributed by atoms with Crippen molar-refractivity contribution in [1.82, 2.24) is 9.88 Å². The maximum Gasteiger partial charge on any atom is 0.416 e. The number of alkyl halides is 3. The minimum atomic E-state index is -4.58. The SMILES string of the molecule is CC(=O)N(C)c1cccc(-n2cc(C(=O)N[C@H](C)c3cc(N)cc(C(F)(F)F)c3)ccc2=O)c1. The van der Waals surface area contributed by atoms with Gasteiger partial charge in [-0.15, -0.1) is 0 Å². The van der Waals surface area contributed by atoms with Crippen molar-refractivity contribution < 1.29 is 22.8 Å². The van der Waals surface area contributed by atoms with Gasteiger partial charge in [0, 0.05) is 37.6 Å². The summed E-state index contributed by atoms with van der Waals surface area (Å²) < 4.78 is 40.6. The lowest BCUT2D eigenvalue weighted by atomic mass is 10.0. The highest BCUT2D eigenvalue weighted by Gasteiger charge is 2.31. The first kappa shape index (κ1) is 24.6. The monoisotopic (exact) mass is 472 g/mol. The summed E-state index contributed by atoms with van der Waals surface area (Å²) in [7, 11) is 1.59. The molecule has 2 amide bonds. The quantitative estimate of drug-likeness (QED) is 0.550. The van der Waals surface area contributed by atoms with Crippen LogP contribution in [0.15, 0.2) is 65.6 Å². The van der Waals surface area contributed by atoms with Gasteiger partial charge in [-0.25, -0.2) is 0 Å². The summed E-state index contributed by atoms with van der Waals surface area (Å²) in [5.74, 6) is -0.781. The predicted octanol–water partition coefficient (Wildman–Crippen LogP) is 3.91. The van der Waals surface area contributed by atoms with Gasteiger partial charge in [0.2, 0.25) is 5.91 Å². The molecule has 0 aliphatic carbocycles. The third-order valence-electron chi connectivity index (χ3n) is 5.29. The van der Waals surface area contributed by atoms with Crippen LogP contribution in [0, 0.1) is 0 Å². The summed E-state index contributed by atoms with van der Waals surface area (Å²) in [5, 5.41) is 2.63. The van der Waals surface area contributed by atoms with Gasteiger partial charge >= 0.3 is 6.18 Å². The standard InChI is InChI=1S/C24H23F3N4O3/c1-14(17-9-18(24(25,26)27)11-19(28)10-17)29-23(34)16-7-8-22(33)31(13-16)21-6-4-5-20(12-21)30(3)15(2)32/h4-14H,28H2,1-3H3,(H,29,34)/t14-/m1/s1. The number of nitrogen functional groups attached to an aromatic ring is 1. The smallest absolute Gasteiger partial charge is 0.399 e. The Morgan fingerprint density at radius 1 is 1.09 bits per heavy atom. The summed E-state index contributed by atoms with van der Waals surface area (Å²) in [6, 6.07) is 11.5. The molecule has 0 saturated carbocycles. The number of carbonyl (C=O) groups is 2. The number of aromatic nitrogens is 1. The van der Waals surface area contributed by atoms with Gasteiger partial charge in [0.15, 0.2) is 0 Å². The van der Waals surface area contributed by atoms with Crippen molar-refractivity contribution in [2.24, 2.45) is 0 Å². The fraction of sp³-hybridized carbons (Fsp3) is 0.208. The number of nitrogens with one attached hydrogen (secondary N) is 1. The molecule has 0 bridgehead atoms. The molecule has 3 rings (SSSR count). The Kier molecular flexibility index (Phi) is 6.80. The van der Waals surface area contributed by atoms with Crippen LogP contribution in [0.25, 0.3) is 5.69 Å². The lowest BCUT2D eigenvalue weighted by Crippen LogP contribution is -2.29. The topological polar surface area (TPSA) is 97.4 Å². The molecule has 0 spiro atoms. The highest BCUT2D eigenvalue weighted by molar-refractivity contribution is 5.94. The number of anilines is 2. The molecule has 0 radical (unpaired) electrons. The first-order valence-electron chi connectivity index (χ1n) is 10.2. The van der Waals surface area contributed by atoms with Gasteiger partial charge < -0.3 is 16.0 Å². The van der Waals surface area contributed by atoms with E-state index < -0.39 is 29.2 Å². The van der Waals surface area contributed by atoms with Gasteiger partial charge in [-0.1, -0.05) is 6.07 Å². The number of hydrogen-bond donors (Lipinski definition) is 2. The van der Waals surface area contributed by atoms with Crippen LogP contribution in [0.1, 0.15) is 41.4 Å². The Hall–Kier alpha value is -4.08. The van der Waals surface area contributed by atoms with E-state index in [9.17, 15) is 27.6 Å². The highest BCUT2D eigenvalue weighted by Crippen LogP contribution is 2.32. The fourth-order valence-electron chi connectivity index (χ4n) is 3.31. The van der Waals surface area contributed by atoms with Gasteiger partial charge in [0.1, 0.15) is 0 Å². The molecule has 178 valence electrons. The zero-order valence-corrected chi connectivity index (χ0v) is 18.7. The average molecular weight is 472 g/mol. The van der Waals surface area contributed by atoms with Crippen LogP contribution in [-0.4, -0.2) is 23.4 Å². The average Bonchev–Trinajstić information content (AvgIpc) is 2.77. The first-order chi connectivity index (χ1) is 15.9. The summed E-state index contributed by atoms with van der Waals surface area (Å²) in [5.41, 5.74) is 5.53. The molecule has 0 unspecified atom stereocenters. The van der Waals surface area contributed by atoms with Crippen LogP contribution < -0.4 is 21.5 Å². The Morgan fingerprint density at radius 3 is 2.44 bits per heavy atom. The molecule has 0 saturated heterocycles. The van der Waals surface area contributed by atoms with Crippen molar-refractivity contribution in [3.8, 4) is 5.69 Å². The molecule has 0 aliphatic rings. The lowest BCUT2D eigenvalue weighted by molar-refractivity contribution is -0.137. The number of rotatable bonds is 5. The zero-order valence-electron chi connectivity index (χ0n) is 18.7. The molecule has 34 heavy (non-hydrogen) atoms. The van der Waals surface area contributed by atoms with Gasteiger partial charge in [-0.05, 0) is 55.0 Å². The molecule has 1 atom stereocenters. The van der Waals surface area contributed by atoms with Crippen molar-refractivity contribution in [2.75, 3.05) is 17.7 Å². The Balaban J connectivity index is 1.89. The van der Waals surface area contributed by atoms with Crippen molar-refractivity contribution in [2.45, 2.75) is 26.1 Å². The number of hydrogen-bond acceptors (Lipinski definition) is 4. The summed E-state index contributed by atoms with van der Waals surface area (Å²) in [4.78, 5) is 38.3. The van der Waals surface area contributed by atoms with Crippen LogP contribution in [0.2, 0.25) is 0 Å². The number of benzene rings is 2. The van der Waals surface area contributed by atoms with E-state index in [1.165, 1.54) is 47.7 Å². The van der Waals surface area contributed by atoms with Gasteiger partial charge in [-0.3, -0.25) is 19.0 Å². The third kappa shape index (κ3) is 5.45. The van der Waals surface area contributed by atoms with E-state index in [0.717, 1.165) is 12.1 Å². The maximum absolute atomic E-state index is 13.1. The van der Waals surface area contributed by atoms with Crippen LogP contribution in [0.3, 0.4) is 0 Å². The Morgan fingerprint density at radius 2 is 1.79 bits per heavy atom. The molecule has 3 N–H and O–H groups in total. The molecule has 10 heteroatoms. The van der Waals surface area contributed by atoms with E-state index in [2.05, 4.69) is 5.32 Å². The fourth-order valence-corrected chi connectivity index (χ4v) is 3.31. The van der Waals surface area contributed by atoms with Crippen molar-refractivity contribution in [3.63, 3.8) is 0 Å². The second kappa shape index (κ2) is 9.42. The van der Waals surface area contributed by atoms with Gasteiger partial charge in [0.05, 0.1) is 22.9 Å². The third-order valence-corrected chi connectivity index (χ3v) is 5.29. The second-order valence-electron chi connectivity index (χ2n) is 7.81. The number of carbonyl (C=O) groups excluding carboxylic acids is 2. The van der Waals surface area contributed by atoms with Crippen molar-refractivity contribution in [1.29, 1.82) is 0 Å². The first-order valence-corrected chi connectivity index (χ1v) is 10.2. The molecular formula is C24H23F3N4O3. The molecule has 0 fully saturated rings. The summed E-state index contributed by atoms with van der Waals surface area (Å²) in [6.07, 6.45) is -3.24. The minimum absolute atomic E-state index is 0.0742. The molecular weight excluding hydrogens is 449 g/mol. The van der Waals surface area contributed by atoms with Crippen LogP contribution >= 0.6 is 0 Å². The molecule has 2 aromatic carbocycles. The Labute approximate surface area is 193 Å². The van der Waals surface area contributed by atoms with Crippen LogP contribution in [0.5, 0.6) is 0 Å². The molecule has 1 aromatic heterocycles. The van der Waals surface area contributed by atoms with E-state index in [1.807, 2.05) is 0 Å². The largest absolute Gasteiger partial charge is 0.416 e. The number of halogens is 3. The van der Waals surface area contributed by atoms with E-state index in [1.54, 1.807) is 31.3 Å². The normalized spacial score (nSPS) is 12.2. The van der Waals surface area contributed by atoms with Crippen LogP contribution in [0.4, 0.5) is 24.5 Å². The highest BCUT2D eigenvalue weighted by atomic mass is 19.4. The lowest BCUT2D eigenvalue weighted by Gasteiger charge is -2.18. The second-order valence-corrected chi connectivity index (χ2v) is 7.81. The summed E-state index contributed by atoms with van der Waals surface area (Å²) in [6.45, 7) is 2.94.